The van der Waals surface area contributed by atoms with Crippen molar-refractivity contribution in [1.29, 1.82) is 0 Å². The van der Waals surface area contributed by atoms with E-state index >= 15 is 0 Å². The van der Waals surface area contributed by atoms with Crippen molar-refractivity contribution in [3.8, 4) is 0 Å². The van der Waals surface area contributed by atoms with E-state index in [9.17, 15) is 5.11 Å². The first-order valence-electron chi connectivity index (χ1n) is 7.92. The van der Waals surface area contributed by atoms with Gasteiger partial charge in [0.05, 0.1) is 6.10 Å². The largest absolute Gasteiger partial charge is 0.388 e. The third-order valence-electron chi connectivity index (χ3n) is 6.16. The van der Waals surface area contributed by atoms with Crippen LogP contribution in [-0.4, -0.2) is 5.11 Å². The average molecular weight is 291 g/mol. The zero-order chi connectivity index (χ0) is 14.0. The van der Waals surface area contributed by atoms with Gasteiger partial charge in [-0.25, -0.2) is 0 Å². The highest BCUT2D eigenvalue weighted by atomic mass is 35.5. The molecule has 3 unspecified atom stereocenters. The van der Waals surface area contributed by atoms with Crippen molar-refractivity contribution in [2.75, 3.05) is 0 Å². The third-order valence-corrected chi connectivity index (χ3v) is 6.42. The molecule has 0 aliphatic heterocycles. The first-order valence-corrected chi connectivity index (χ1v) is 8.29. The summed E-state index contributed by atoms with van der Waals surface area (Å²) in [5.41, 5.74) is 1.67. The van der Waals surface area contributed by atoms with Crippen molar-refractivity contribution in [1.82, 2.24) is 0 Å². The van der Waals surface area contributed by atoms with Crippen LogP contribution in [0.15, 0.2) is 24.3 Å². The zero-order valence-corrected chi connectivity index (χ0v) is 12.9. The van der Waals surface area contributed by atoms with E-state index in [2.05, 4.69) is 6.92 Å². The molecule has 0 heterocycles. The van der Waals surface area contributed by atoms with Crippen LogP contribution in [0.5, 0.6) is 0 Å². The van der Waals surface area contributed by atoms with Crippen LogP contribution >= 0.6 is 11.6 Å². The minimum atomic E-state index is -0.315. The van der Waals surface area contributed by atoms with Gasteiger partial charge in [0.2, 0.25) is 0 Å². The van der Waals surface area contributed by atoms with Crippen LogP contribution < -0.4 is 0 Å². The molecule has 5 rings (SSSR count). The van der Waals surface area contributed by atoms with Gasteiger partial charge in [-0.3, -0.25) is 0 Å². The Morgan fingerprint density at radius 2 is 1.70 bits per heavy atom. The summed E-state index contributed by atoms with van der Waals surface area (Å²) in [6.45, 7) is 2.45. The quantitative estimate of drug-likeness (QED) is 0.814. The topological polar surface area (TPSA) is 20.2 Å². The maximum Gasteiger partial charge on any atom is 0.0846 e. The molecule has 3 atom stereocenters. The predicted octanol–water partition coefficient (Wildman–Crippen LogP) is 4.98. The monoisotopic (exact) mass is 290 g/mol. The molecule has 108 valence electrons. The molecule has 1 nitrogen and oxygen atoms in total. The number of hydrogen-bond acceptors (Lipinski definition) is 1. The Kier molecular flexibility index (Phi) is 2.79. The lowest BCUT2D eigenvalue weighted by molar-refractivity contribution is -0.155. The van der Waals surface area contributed by atoms with Gasteiger partial charge in [0.15, 0.2) is 0 Å². The molecule has 4 aliphatic carbocycles. The van der Waals surface area contributed by atoms with Gasteiger partial charge in [-0.1, -0.05) is 30.7 Å². The molecule has 1 aromatic carbocycles. The summed E-state index contributed by atoms with van der Waals surface area (Å²) >= 11 is 5.98. The normalized spacial score (nSPS) is 43.8. The maximum atomic E-state index is 11.0. The molecule has 4 aliphatic rings. The highest BCUT2D eigenvalue weighted by molar-refractivity contribution is 6.30. The second-order valence-electron chi connectivity index (χ2n) is 8.09. The molecule has 4 bridgehead atoms. The van der Waals surface area contributed by atoms with Crippen LogP contribution in [0.25, 0.3) is 0 Å². The molecule has 0 spiro atoms. The number of aliphatic hydroxyl groups is 1. The van der Waals surface area contributed by atoms with Crippen LogP contribution in [-0.2, 0) is 0 Å². The fourth-order valence-electron chi connectivity index (χ4n) is 6.12. The number of aliphatic hydroxyl groups excluding tert-OH is 1. The molecule has 0 amide bonds. The summed E-state index contributed by atoms with van der Waals surface area (Å²) in [6.07, 6.45) is 7.52. The number of halogens is 1. The molecular formula is C18H23ClO. The van der Waals surface area contributed by atoms with Crippen LogP contribution in [0.3, 0.4) is 0 Å². The van der Waals surface area contributed by atoms with Gasteiger partial charge in [-0.05, 0) is 73.5 Å². The molecule has 0 saturated heterocycles. The molecule has 2 heteroatoms. The molecular weight excluding hydrogens is 268 g/mol. The van der Waals surface area contributed by atoms with Crippen molar-refractivity contribution < 1.29 is 5.11 Å². The second kappa shape index (κ2) is 4.24. The Labute approximate surface area is 126 Å². The van der Waals surface area contributed by atoms with E-state index in [4.69, 9.17) is 11.6 Å². The first-order chi connectivity index (χ1) is 9.48. The summed E-state index contributed by atoms with van der Waals surface area (Å²) in [5.74, 6) is 1.70. The van der Waals surface area contributed by atoms with Gasteiger partial charge in [0.1, 0.15) is 0 Å². The Bertz CT molecular complexity index is 507. The molecule has 0 radical (unpaired) electrons. The average Bonchev–Trinajstić information content (AvgIpc) is 2.36. The smallest absolute Gasteiger partial charge is 0.0846 e. The molecule has 1 N–H and O–H groups in total. The summed E-state index contributed by atoms with van der Waals surface area (Å²) < 4.78 is 0. The summed E-state index contributed by atoms with van der Waals surface area (Å²) in [4.78, 5) is 0. The number of rotatable bonds is 2. The van der Waals surface area contributed by atoms with E-state index in [-0.39, 0.29) is 11.5 Å². The SMILES string of the molecule is CC12CC3CC(C1)CC(C(O)c1ccc(Cl)cc1)(C3)C2. The van der Waals surface area contributed by atoms with Crippen LogP contribution in [0.1, 0.15) is 57.1 Å². The Morgan fingerprint density at radius 3 is 2.25 bits per heavy atom. The van der Waals surface area contributed by atoms with Crippen LogP contribution in [0, 0.1) is 22.7 Å². The third kappa shape index (κ3) is 1.94. The minimum absolute atomic E-state index is 0.132. The van der Waals surface area contributed by atoms with Gasteiger partial charge in [0.25, 0.3) is 0 Å². The Morgan fingerprint density at radius 1 is 1.10 bits per heavy atom. The highest BCUT2D eigenvalue weighted by Crippen LogP contribution is 2.68. The van der Waals surface area contributed by atoms with Gasteiger partial charge in [-0.15, -0.1) is 0 Å². The lowest BCUT2D eigenvalue weighted by Crippen LogP contribution is -2.53. The van der Waals surface area contributed by atoms with Gasteiger partial charge < -0.3 is 5.11 Å². The van der Waals surface area contributed by atoms with Crippen molar-refractivity contribution in [3.63, 3.8) is 0 Å². The lowest BCUT2D eigenvalue weighted by Gasteiger charge is -2.62. The standard InChI is InChI=1S/C18H23ClO/c1-17-7-12-6-13(8-17)10-18(9-12,11-17)16(20)14-2-4-15(19)5-3-14/h2-5,12-13,16,20H,6-11H2,1H3. The maximum absolute atomic E-state index is 11.0. The molecule has 4 fully saturated rings. The zero-order valence-electron chi connectivity index (χ0n) is 12.1. The van der Waals surface area contributed by atoms with Gasteiger partial charge in [-0.2, -0.15) is 0 Å². The number of hydrogen-bond donors (Lipinski definition) is 1. The fraction of sp³-hybridized carbons (Fsp3) is 0.667. The van der Waals surface area contributed by atoms with Crippen LogP contribution in [0.4, 0.5) is 0 Å². The van der Waals surface area contributed by atoms with Crippen molar-refractivity contribution in [3.05, 3.63) is 34.9 Å². The minimum Gasteiger partial charge on any atom is -0.388 e. The summed E-state index contributed by atoms with van der Waals surface area (Å²) in [7, 11) is 0. The van der Waals surface area contributed by atoms with Gasteiger partial charge >= 0.3 is 0 Å². The predicted molar refractivity (Wildman–Crippen MR) is 81.6 cm³/mol. The molecule has 20 heavy (non-hydrogen) atoms. The summed E-state index contributed by atoms with van der Waals surface area (Å²) in [6, 6.07) is 7.83. The molecule has 1 aromatic rings. The van der Waals surface area contributed by atoms with E-state index in [1.54, 1.807) is 0 Å². The van der Waals surface area contributed by atoms with Crippen LogP contribution in [0.2, 0.25) is 5.02 Å². The lowest BCUT2D eigenvalue weighted by atomic mass is 9.43. The number of benzene rings is 1. The second-order valence-corrected chi connectivity index (χ2v) is 8.52. The summed E-state index contributed by atoms with van der Waals surface area (Å²) in [5, 5.41) is 11.8. The highest BCUT2D eigenvalue weighted by Gasteiger charge is 2.58. The Balaban J connectivity index is 1.68. The van der Waals surface area contributed by atoms with E-state index in [1.165, 1.54) is 38.5 Å². The van der Waals surface area contributed by atoms with E-state index in [0.717, 1.165) is 22.4 Å². The van der Waals surface area contributed by atoms with Crippen molar-refractivity contribution in [2.45, 2.75) is 51.6 Å². The van der Waals surface area contributed by atoms with E-state index in [1.807, 2.05) is 24.3 Å². The first kappa shape index (κ1) is 13.2. The molecule has 0 aromatic heterocycles. The molecule has 4 saturated carbocycles. The van der Waals surface area contributed by atoms with Crippen molar-refractivity contribution in [2.24, 2.45) is 22.7 Å². The Hall–Kier alpha value is -0.530. The van der Waals surface area contributed by atoms with Gasteiger partial charge in [0, 0.05) is 10.4 Å². The van der Waals surface area contributed by atoms with E-state index in [0.29, 0.717) is 5.41 Å². The fourth-order valence-corrected chi connectivity index (χ4v) is 6.24. The van der Waals surface area contributed by atoms with E-state index < -0.39 is 0 Å². The van der Waals surface area contributed by atoms with Crippen molar-refractivity contribution >= 4 is 11.6 Å².